The second-order valence-electron chi connectivity index (χ2n) is 5.19. The molecule has 2 N–H and O–H groups in total. The van der Waals surface area contributed by atoms with Crippen molar-refractivity contribution < 1.29 is 19.1 Å². The van der Waals surface area contributed by atoms with Gasteiger partial charge in [0, 0.05) is 6.04 Å². The van der Waals surface area contributed by atoms with E-state index < -0.39 is 5.97 Å². The normalized spacial score (nSPS) is 23.1. The molecular weight excluding hydrogens is 246 g/mol. The Hall–Kier alpha value is -1.78. The molecular formula is C14H19NO4. The maximum atomic E-state index is 12.1. The minimum Gasteiger partial charge on any atom is -0.481 e. The molecule has 0 aliphatic heterocycles. The second-order valence-corrected chi connectivity index (χ2v) is 5.19. The van der Waals surface area contributed by atoms with Gasteiger partial charge in [-0.1, -0.05) is 0 Å². The van der Waals surface area contributed by atoms with Crippen LogP contribution in [0.3, 0.4) is 0 Å². The highest BCUT2D eigenvalue weighted by Gasteiger charge is 2.27. The van der Waals surface area contributed by atoms with Crippen molar-refractivity contribution in [2.45, 2.75) is 45.6 Å². The Labute approximate surface area is 112 Å². The van der Waals surface area contributed by atoms with Crippen molar-refractivity contribution in [1.29, 1.82) is 0 Å². The molecule has 1 heterocycles. The zero-order valence-corrected chi connectivity index (χ0v) is 11.2. The molecule has 1 saturated carbocycles. The van der Waals surface area contributed by atoms with Crippen molar-refractivity contribution >= 4 is 11.9 Å². The highest BCUT2D eigenvalue weighted by Crippen LogP contribution is 2.25. The first kappa shape index (κ1) is 13.6. The lowest BCUT2D eigenvalue weighted by molar-refractivity contribution is -0.142. The van der Waals surface area contributed by atoms with E-state index in [-0.39, 0.29) is 17.9 Å². The molecule has 1 fully saturated rings. The summed E-state index contributed by atoms with van der Waals surface area (Å²) in [5, 5.41) is 11.9. The Morgan fingerprint density at radius 3 is 2.37 bits per heavy atom. The molecule has 5 nitrogen and oxygen atoms in total. The van der Waals surface area contributed by atoms with E-state index in [9.17, 15) is 9.59 Å². The minimum atomic E-state index is -0.730. The van der Waals surface area contributed by atoms with Gasteiger partial charge in [-0.15, -0.1) is 0 Å². The minimum absolute atomic E-state index is 0.0673. The zero-order chi connectivity index (χ0) is 14.0. The molecule has 0 saturated heterocycles. The van der Waals surface area contributed by atoms with Gasteiger partial charge < -0.3 is 14.8 Å². The van der Waals surface area contributed by atoms with Crippen molar-refractivity contribution in [3.8, 4) is 0 Å². The molecule has 0 aromatic carbocycles. The van der Waals surface area contributed by atoms with E-state index in [1.54, 1.807) is 13.0 Å². The summed E-state index contributed by atoms with van der Waals surface area (Å²) in [5.74, 6) is 0.219. The van der Waals surface area contributed by atoms with E-state index in [1.165, 1.54) is 0 Å². The smallest absolute Gasteiger partial charge is 0.306 e. The fourth-order valence-electron chi connectivity index (χ4n) is 2.60. The lowest BCUT2D eigenvalue weighted by atomic mass is 9.86. The zero-order valence-electron chi connectivity index (χ0n) is 11.2. The maximum Gasteiger partial charge on any atom is 0.306 e. The van der Waals surface area contributed by atoms with Crippen molar-refractivity contribution in [3.63, 3.8) is 0 Å². The molecule has 2 rings (SSSR count). The van der Waals surface area contributed by atoms with Gasteiger partial charge in [0.25, 0.3) is 5.91 Å². The number of furan rings is 1. The number of aryl methyl sites for hydroxylation is 2. The number of amides is 1. The Morgan fingerprint density at radius 2 is 1.89 bits per heavy atom. The molecule has 0 atom stereocenters. The predicted octanol–water partition coefficient (Wildman–Crippen LogP) is 2.27. The molecule has 1 amide bonds. The third-order valence-corrected chi connectivity index (χ3v) is 3.70. The van der Waals surface area contributed by atoms with Crippen LogP contribution >= 0.6 is 0 Å². The van der Waals surface area contributed by atoms with E-state index in [4.69, 9.17) is 9.52 Å². The van der Waals surface area contributed by atoms with Gasteiger partial charge in [-0.05, 0) is 45.6 Å². The van der Waals surface area contributed by atoms with Crippen LogP contribution in [0.4, 0.5) is 0 Å². The summed E-state index contributed by atoms with van der Waals surface area (Å²) in [6.07, 6.45) is 2.70. The average Bonchev–Trinajstić information content (AvgIpc) is 2.69. The lowest BCUT2D eigenvalue weighted by Crippen LogP contribution is -2.38. The van der Waals surface area contributed by atoms with E-state index in [0.717, 1.165) is 18.6 Å². The highest BCUT2D eigenvalue weighted by molar-refractivity contribution is 5.95. The largest absolute Gasteiger partial charge is 0.481 e. The van der Waals surface area contributed by atoms with Gasteiger partial charge in [-0.2, -0.15) is 0 Å². The molecule has 19 heavy (non-hydrogen) atoms. The van der Waals surface area contributed by atoms with Crippen molar-refractivity contribution in [3.05, 3.63) is 23.2 Å². The summed E-state index contributed by atoms with van der Waals surface area (Å²) in [6, 6.07) is 1.80. The van der Waals surface area contributed by atoms with Crippen LogP contribution < -0.4 is 5.32 Å². The lowest BCUT2D eigenvalue weighted by Gasteiger charge is -2.26. The molecule has 104 valence electrons. The number of nitrogens with one attached hydrogen (secondary N) is 1. The first-order valence-corrected chi connectivity index (χ1v) is 6.58. The number of hydrogen-bond acceptors (Lipinski definition) is 3. The van der Waals surface area contributed by atoms with Gasteiger partial charge in [0.05, 0.1) is 11.5 Å². The van der Waals surface area contributed by atoms with Crippen molar-refractivity contribution in [2.24, 2.45) is 5.92 Å². The SMILES string of the molecule is Cc1cc(C(=O)NC2CCC(C(=O)O)CC2)c(C)o1. The number of aliphatic carboxylic acids is 1. The Kier molecular flexibility index (Phi) is 3.93. The van der Waals surface area contributed by atoms with Crippen LogP contribution in [-0.4, -0.2) is 23.0 Å². The Morgan fingerprint density at radius 1 is 1.26 bits per heavy atom. The fourth-order valence-corrected chi connectivity index (χ4v) is 2.60. The summed E-state index contributed by atoms with van der Waals surface area (Å²) < 4.78 is 5.33. The van der Waals surface area contributed by atoms with Crippen LogP contribution in [0.1, 0.15) is 47.6 Å². The Balaban J connectivity index is 1.91. The van der Waals surface area contributed by atoms with Crippen LogP contribution in [0.15, 0.2) is 10.5 Å². The second kappa shape index (κ2) is 5.47. The van der Waals surface area contributed by atoms with E-state index in [0.29, 0.717) is 24.2 Å². The van der Waals surface area contributed by atoms with Crippen LogP contribution in [0.25, 0.3) is 0 Å². The van der Waals surface area contributed by atoms with Gasteiger partial charge in [0.2, 0.25) is 0 Å². The molecule has 1 aromatic rings. The summed E-state index contributed by atoms with van der Waals surface area (Å²) >= 11 is 0. The molecule has 1 aliphatic rings. The molecule has 0 bridgehead atoms. The van der Waals surface area contributed by atoms with Gasteiger partial charge in [-0.25, -0.2) is 0 Å². The van der Waals surface area contributed by atoms with Gasteiger partial charge >= 0.3 is 5.97 Å². The van der Waals surface area contributed by atoms with E-state index in [1.807, 2.05) is 6.92 Å². The topological polar surface area (TPSA) is 79.5 Å². The number of carboxylic acids is 1. The summed E-state index contributed by atoms with van der Waals surface area (Å²) in [7, 11) is 0. The van der Waals surface area contributed by atoms with Crippen LogP contribution in [-0.2, 0) is 4.79 Å². The van der Waals surface area contributed by atoms with Gasteiger partial charge in [0.1, 0.15) is 11.5 Å². The summed E-state index contributed by atoms with van der Waals surface area (Å²) in [5.41, 5.74) is 0.567. The highest BCUT2D eigenvalue weighted by atomic mass is 16.4. The fraction of sp³-hybridized carbons (Fsp3) is 0.571. The van der Waals surface area contributed by atoms with Crippen LogP contribution in [0.5, 0.6) is 0 Å². The number of hydrogen-bond donors (Lipinski definition) is 2. The van der Waals surface area contributed by atoms with Crippen LogP contribution in [0, 0.1) is 19.8 Å². The van der Waals surface area contributed by atoms with Gasteiger partial charge in [0.15, 0.2) is 0 Å². The maximum absolute atomic E-state index is 12.1. The predicted molar refractivity (Wildman–Crippen MR) is 69.0 cm³/mol. The number of rotatable bonds is 3. The standard InChI is InChI=1S/C14H19NO4/c1-8-7-12(9(2)19-8)13(16)15-11-5-3-10(4-6-11)14(17)18/h7,10-11H,3-6H2,1-2H3,(H,15,16)(H,17,18). The molecule has 5 heteroatoms. The van der Waals surface area contributed by atoms with E-state index in [2.05, 4.69) is 5.32 Å². The first-order chi connectivity index (χ1) is 8.97. The molecule has 1 aliphatic carbocycles. The molecule has 0 radical (unpaired) electrons. The summed E-state index contributed by atoms with van der Waals surface area (Å²) in [4.78, 5) is 22.9. The van der Waals surface area contributed by atoms with Crippen LogP contribution in [0.2, 0.25) is 0 Å². The summed E-state index contributed by atoms with van der Waals surface area (Å²) in [6.45, 7) is 3.57. The molecule has 0 spiro atoms. The third kappa shape index (κ3) is 3.16. The van der Waals surface area contributed by atoms with E-state index >= 15 is 0 Å². The Bertz CT molecular complexity index is 484. The average molecular weight is 265 g/mol. The number of carbonyl (C=O) groups excluding carboxylic acids is 1. The molecule has 0 unspecified atom stereocenters. The van der Waals surface area contributed by atoms with Gasteiger partial charge in [-0.3, -0.25) is 9.59 Å². The number of carbonyl (C=O) groups is 2. The third-order valence-electron chi connectivity index (χ3n) is 3.70. The molecule has 1 aromatic heterocycles. The quantitative estimate of drug-likeness (QED) is 0.878. The van der Waals surface area contributed by atoms with Crippen molar-refractivity contribution in [1.82, 2.24) is 5.32 Å². The number of carboxylic acid groups (broad SMARTS) is 1. The van der Waals surface area contributed by atoms with Crippen molar-refractivity contribution in [2.75, 3.05) is 0 Å². The first-order valence-electron chi connectivity index (χ1n) is 6.58. The monoisotopic (exact) mass is 265 g/mol.